The number of rotatable bonds is 3. The molecule has 2 aliphatic heterocycles. The van der Waals surface area contributed by atoms with Crippen LogP contribution in [0.15, 0.2) is 0 Å². The number of piperidine rings is 1. The Morgan fingerprint density at radius 1 is 1.29 bits per heavy atom. The van der Waals surface area contributed by atoms with E-state index in [4.69, 9.17) is 4.74 Å². The van der Waals surface area contributed by atoms with Crippen LogP contribution in [0.2, 0.25) is 0 Å². The van der Waals surface area contributed by atoms with E-state index in [9.17, 15) is 4.79 Å². The zero-order valence-electron chi connectivity index (χ0n) is 10.2. The molecule has 0 aromatic carbocycles. The van der Waals surface area contributed by atoms with Gasteiger partial charge in [-0.05, 0) is 44.7 Å². The molecular formula is C12H23ClN2O2. The largest absolute Gasteiger partial charge is 0.379 e. The summed E-state index contributed by atoms with van der Waals surface area (Å²) >= 11 is 0. The predicted octanol–water partition coefficient (Wildman–Crippen LogP) is 1.09. The molecule has 2 aliphatic rings. The van der Waals surface area contributed by atoms with Crippen molar-refractivity contribution in [2.75, 3.05) is 26.3 Å². The van der Waals surface area contributed by atoms with E-state index in [2.05, 4.69) is 10.6 Å². The molecule has 2 fully saturated rings. The van der Waals surface area contributed by atoms with Gasteiger partial charge in [0.15, 0.2) is 0 Å². The quantitative estimate of drug-likeness (QED) is 0.801. The standard InChI is InChI=1S/C12H22N2O2.ClH/c15-12(8-10-3-5-13-6-4-10)14-11-2-1-7-16-9-11;/h10-11,13H,1-9H2,(H,14,15);1H. The molecule has 2 N–H and O–H groups in total. The van der Waals surface area contributed by atoms with E-state index in [0.717, 1.165) is 45.4 Å². The first-order valence-electron chi connectivity index (χ1n) is 6.42. The van der Waals surface area contributed by atoms with Gasteiger partial charge in [0.2, 0.25) is 5.91 Å². The van der Waals surface area contributed by atoms with Crippen LogP contribution in [-0.2, 0) is 9.53 Å². The normalized spacial score (nSPS) is 26.0. The summed E-state index contributed by atoms with van der Waals surface area (Å²) in [6, 6.07) is 0.253. The summed E-state index contributed by atoms with van der Waals surface area (Å²) in [6.45, 7) is 3.66. The van der Waals surface area contributed by atoms with Gasteiger partial charge in [0.25, 0.3) is 0 Å². The van der Waals surface area contributed by atoms with Crippen LogP contribution in [0.5, 0.6) is 0 Å². The number of hydrogen-bond acceptors (Lipinski definition) is 3. The van der Waals surface area contributed by atoms with Gasteiger partial charge in [-0.3, -0.25) is 4.79 Å². The fourth-order valence-electron chi connectivity index (χ4n) is 2.49. The van der Waals surface area contributed by atoms with Crippen molar-refractivity contribution in [2.24, 2.45) is 5.92 Å². The Morgan fingerprint density at radius 3 is 2.71 bits per heavy atom. The van der Waals surface area contributed by atoms with Crippen molar-refractivity contribution in [3.05, 3.63) is 0 Å². The molecule has 0 bridgehead atoms. The van der Waals surface area contributed by atoms with Gasteiger partial charge >= 0.3 is 0 Å². The Bertz CT molecular complexity index is 205. The summed E-state index contributed by atoms with van der Waals surface area (Å²) in [6.07, 6.45) is 5.09. The Morgan fingerprint density at radius 2 is 2.06 bits per heavy atom. The van der Waals surface area contributed by atoms with E-state index in [0.29, 0.717) is 18.9 Å². The smallest absolute Gasteiger partial charge is 0.220 e. The Hall–Kier alpha value is -0.320. The average molecular weight is 263 g/mol. The predicted molar refractivity (Wildman–Crippen MR) is 69.4 cm³/mol. The summed E-state index contributed by atoms with van der Waals surface area (Å²) < 4.78 is 5.35. The summed E-state index contributed by atoms with van der Waals surface area (Å²) in [5, 5.41) is 6.40. The van der Waals surface area contributed by atoms with E-state index in [1.54, 1.807) is 0 Å². The molecule has 1 amide bonds. The highest BCUT2D eigenvalue weighted by atomic mass is 35.5. The summed E-state index contributed by atoms with van der Waals surface area (Å²) in [5.41, 5.74) is 0. The van der Waals surface area contributed by atoms with Crippen LogP contribution in [0.4, 0.5) is 0 Å². The van der Waals surface area contributed by atoms with Crippen LogP contribution >= 0.6 is 12.4 Å². The van der Waals surface area contributed by atoms with Gasteiger partial charge < -0.3 is 15.4 Å². The highest BCUT2D eigenvalue weighted by molar-refractivity contribution is 5.85. The van der Waals surface area contributed by atoms with E-state index in [1.165, 1.54) is 0 Å². The molecule has 0 radical (unpaired) electrons. The molecule has 17 heavy (non-hydrogen) atoms. The lowest BCUT2D eigenvalue weighted by Gasteiger charge is -2.26. The Kier molecular flexibility index (Phi) is 6.85. The molecular weight excluding hydrogens is 240 g/mol. The van der Waals surface area contributed by atoms with Crippen LogP contribution in [0.25, 0.3) is 0 Å². The minimum absolute atomic E-state index is 0. The minimum atomic E-state index is 0. The van der Waals surface area contributed by atoms with Crippen LogP contribution in [0.3, 0.4) is 0 Å². The highest BCUT2D eigenvalue weighted by Crippen LogP contribution is 2.16. The van der Waals surface area contributed by atoms with Crippen molar-refractivity contribution in [3.8, 4) is 0 Å². The second-order valence-corrected chi connectivity index (χ2v) is 4.88. The topological polar surface area (TPSA) is 50.4 Å². The van der Waals surface area contributed by atoms with Gasteiger partial charge in [-0.25, -0.2) is 0 Å². The molecule has 2 rings (SSSR count). The fraction of sp³-hybridized carbons (Fsp3) is 0.917. The fourth-order valence-corrected chi connectivity index (χ4v) is 2.49. The number of nitrogens with one attached hydrogen (secondary N) is 2. The molecule has 1 atom stereocenters. The summed E-state index contributed by atoms with van der Waals surface area (Å²) in [4.78, 5) is 11.8. The van der Waals surface area contributed by atoms with Crippen LogP contribution in [0.1, 0.15) is 32.1 Å². The van der Waals surface area contributed by atoms with Gasteiger partial charge in [0, 0.05) is 13.0 Å². The molecule has 0 spiro atoms. The van der Waals surface area contributed by atoms with E-state index in [-0.39, 0.29) is 24.4 Å². The lowest BCUT2D eigenvalue weighted by atomic mass is 9.94. The molecule has 2 saturated heterocycles. The van der Waals surface area contributed by atoms with Crippen molar-refractivity contribution < 1.29 is 9.53 Å². The highest BCUT2D eigenvalue weighted by Gasteiger charge is 2.20. The second kappa shape index (κ2) is 7.90. The van der Waals surface area contributed by atoms with Gasteiger partial charge in [-0.15, -0.1) is 12.4 Å². The monoisotopic (exact) mass is 262 g/mol. The van der Waals surface area contributed by atoms with E-state index < -0.39 is 0 Å². The van der Waals surface area contributed by atoms with Crippen molar-refractivity contribution in [2.45, 2.75) is 38.1 Å². The molecule has 0 aliphatic carbocycles. The zero-order valence-corrected chi connectivity index (χ0v) is 11.1. The molecule has 4 nitrogen and oxygen atoms in total. The summed E-state index contributed by atoms with van der Waals surface area (Å²) in [5.74, 6) is 0.785. The Labute approximate surface area is 109 Å². The first kappa shape index (κ1) is 14.7. The van der Waals surface area contributed by atoms with Crippen molar-refractivity contribution >= 4 is 18.3 Å². The number of carbonyl (C=O) groups excluding carboxylic acids is 1. The van der Waals surface area contributed by atoms with Gasteiger partial charge in [0.1, 0.15) is 0 Å². The van der Waals surface area contributed by atoms with Gasteiger partial charge in [-0.1, -0.05) is 0 Å². The molecule has 5 heteroatoms. The lowest BCUT2D eigenvalue weighted by Crippen LogP contribution is -2.41. The molecule has 100 valence electrons. The molecule has 0 saturated carbocycles. The third kappa shape index (κ3) is 5.23. The van der Waals surface area contributed by atoms with Crippen molar-refractivity contribution in [1.82, 2.24) is 10.6 Å². The first-order chi connectivity index (χ1) is 7.84. The summed E-state index contributed by atoms with van der Waals surface area (Å²) in [7, 11) is 0. The van der Waals surface area contributed by atoms with Gasteiger partial charge in [-0.2, -0.15) is 0 Å². The van der Waals surface area contributed by atoms with Gasteiger partial charge in [0.05, 0.1) is 12.6 Å². The van der Waals surface area contributed by atoms with Crippen molar-refractivity contribution in [1.29, 1.82) is 0 Å². The number of ether oxygens (including phenoxy) is 1. The molecule has 2 heterocycles. The maximum Gasteiger partial charge on any atom is 0.220 e. The van der Waals surface area contributed by atoms with E-state index >= 15 is 0 Å². The average Bonchev–Trinajstić information content (AvgIpc) is 2.31. The number of carbonyl (C=O) groups is 1. The lowest BCUT2D eigenvalue weighted by molar-refractivity contribution is -0.123. The number of hydrogen-bond donors (Lipinski definition) is 2. The zero-order chi connectivity index (χ0) is 11.2. The van der Waals surface area contributed by atoms with Crippen LogP contribution in [-0.4, -0.2) is 38.3 Å². The van der Waals surface area contributed by atoms with Crippen LogP contribution in [0, 0.1) is 5.92 Å². The number of halogens is 1. The maximum absolute atomic E-state index is 11.8. The van der Waals surface area contributed by atoms with Crippen LogP contribution < -0.4 is 10.6 Å². The molecule has 0 aromatic heterocycles. The molecule has 1 unspecified atom stereocenters. The third-order valence-electron chi connectivity index (χ3n) is 3.46. The van der Waals surface area contributed by atoms with E-state index in [1.807, 2.05) is 0 Å². The minimum Gasteiger partial charge on any atom is -0.379 e. The Balaban J connectivity index is 0.00000144. The third-order valence-corrected chi connectivity index (χ3v) is 3.46. The second-order valence-electron chi connectivity index (χ2n) is 4.88. The van der Waals surface area contributed by atoms with Crippen molar-refractivity contribution in [3.63, 3.8) is 0 Å². The first-order valence-corrected chi connectivity index (χ1v) is 6.42. The number of amides is 1. The SMILES string of the molecule is Cl.O=C(CC1CCNCC1)NC1CCCOC1. The molecule has 0 aromatic rings. The maximum atomic E-state index is 11.8.